The molecule has 1 nitrogen and oxygen atoms in total. The van der Waals surface area contributed by atoms with Gasteiger partial charge in [0.15, 0.2) is 0 Å². The summed E-state index contributed by atoms with van der Waals surface area (Å²) >= 11 is 0. The Morgan fingerprint density at radius 2 is 1.26 bits per heavy atom. The maximum Gasteiger partial charge on any atom is 0.319 e. The van der Waals surface area contributed by atoms with E-state index in [1.165, 1.54) is 10.4 Å². The summed E-state index contributed by atoms with van der Waals surface area (Å²) in [6.07, 6.45) is 4.07. The minimum absolute atomic E-state index is 0.0248. The molecule has 0 spiro atoms. The SMILES string of the molecule is CC(C)/C=C\O[Si](c1ccccc1)(c1ccccc1)C(C)(C)C. The van der Waals surface area contributed by atoms with Gasteiger partial charge in [-0.05, 0) is 27.4 Å². The molecule has 0 aliphatic carbocycles. The zero-order chi connectivity index (χ0) is 16.9. The quantitative estimate of drug-likeness (QED) is 0.570. The van der Waals surface area contributed by atoms with Crippen molar-refractivity contribution in [1.29, 1.82) is 0 Å². The summed E-state index contributed by atoms with van der Waals surface area (Å²) in [4.78, 5) is 0. The van der Waals surface area contributed by atoms with Gasteiger partial charge in [0.25, 0.3) is 0 Å². The molecule has 0 unspecified atom stereocenters. The molecule has 0 saturated carbocycles. The van der Waals surface area contributed by atoms with Crippen LogP contribution in [0.3, 0.4) is 0 Å². The van der Waals surface area contributed by atoms with E-state index in [1.807, 2.05) is 6.26 Å². The molecule has 0 heterocycles. The van der Waals surface area contributed by atoms with Gasteiger partial charge in [0.1, 0.15) is 0 Å². The molecule has 0 atom stereocenters. The van der Waals surface area contributed by atoms with Gasteiger partial charge in [0.05, 0.1) is 6.26 Å². The molecule has 0 radical (unpaired) electrons. The van der Waals surface area contributed by atoms with E-state index in [4.69, 9.17) is 4.43 Å². The van der Waals surface area contributed by atoms with E-state index < -0.39 is 8.32 Å². The molecule has 2 rings (SSSR count). The van der Waals surface area contributed by atoms with Crippen molar-refractivity contribution in [2.45, 2.75) is 39.7 Å². The van der Waals surface area contributed by atoms with Crippen LogP contribution >= 0.6 is 0 Å². The zero-order valence-electron chi connectivity index (χ0n) is 14.9. The first-order valence-corrected chi connectivity index (χ1v) is 10.2. The summed E-state index contributed by atoms with van der Waals surface area (Å²) in [5.41, 5.74) is 0. The van der Waals surface area contributed by atoms with Gasteiger partial charge in [-0.2, -0.15) is 0 Å². The Morgan fingerprint density at radius 1 is 0.826 bits per heavy atom. The van der Waals surface area contributed by atoms with Crippen LogP contribution in [0, 0.1) is 5.92 Å². The summed E-state index contributed by atoms with van der Waals surface area (Å²) < 4.78 is 6.64. The van der Waals surface area contributed by atoms with Crippen LogP contribution in [0.5, 0.6) is 0 Å². The number of hydrogen-bond donors (Lipinski definition) is 0. The number of hydrogen-bond acceptors (Lipinski definition) is 1. The lowest BCUT2D eigenvalue weighted by Gasteiger charge is -2.42. The molecule has 0 aliphatic rings. The van der Waals surface area contributed by atoms with Gasteiger partial charge in [-0.3, -0.25) is 0 Å². The fourth-order valence-corrected chi connectivity index (χ4v) is 7.29. The van der Waals surface area contributed by atoms with Gasteiger partial charge in [-0.25, -0.2) is 0 Å². The summed E-state index contributed by atoms with van der Waals surface area (Å²) in [6, 6.07) is 21.5. The van der Waals surface area contributed by atoms with E-state index in [2.05, 4.69) is 101 Å². The third-order valence-electron chi connectivity index (χ3n) is 4.13. The van der Waals surface area contributed by atoms with Gasteiger partial charge in [-0.1, -0.05) is 95.3 Å². The van der Waals surface area contributed by atoms with Crippen LogP contribution in [0.2, 0.25) is 5.04 Å². The van der Waals surface area contributed by atoms with Gasteiger partial charge in [0, 0.05) is 0 Å². The maximum absolute atomic E-state index is 6.64. The fraction of sp³-hybridized carbons (Fsp3) is 0.333. The van der Waals surface area contributed by atoms with E-state index in [9.17, 15) is 0 Å². The molecule has 0 aliphatic heterocycles. The molecular formula is C21H28OSi. The molecule has 0 aromatic heterocycles. The van der Waals surface area contributed by atoms with Crippen molar-refractivity contribution >= 4 is 18.7 Å². The highest BCUT2D eigenvalue weighted by molar-refractivity contribution is 6.99. The molecule has 0 amide bonds. The molecule has 23 heavy (non-hydrogen) atoms. The highest BCUT2D eigenvalue weighted by Gasteiger charge is 2.51. The van der Waals surface area contributed by atoms with Crippen molar-refractivity contribution in [2.75, 3.05) is 0 Å². The normalized spacial score (nSPS) is 12.8. The Hall–Kier alpha value is -1.80. The molecule has 2 aromatic carbocycles. The molecule has 0 N–H and O–H groups in total. The molecule has 0 bridgehead atoms. The zero-order valence-corrected chi connectivity index (χ0v) is 15.9. The number of allylic oxidation sites excluding steroid dienone is 1. The third kappa shape index (κ3) is 3.76. The summed E-state index contributed by atoms with van der Waals surface area (Å²) in [6.45, 7) is 11.2. The van der Waals surface area contributed by atoms with E-state index >= 15 is 0 Å². The van der Waals surface area contributed by atoms with Crippen LogP contribution in [0.15, 0.2) is 73.0 Å². The van der Waals surface area contributed by atoms with Gasteiger partial charge >= 0.3 is 8.32 Å². The topological polar surface area (TPSA) is 9.23 Å². The van der Waals surface area contributed by atoms with E-state index in [0.29, 0.717) is 5.92 Å². The molecule has 2 heteroatoms. The molecule has 122 valence electrons. The average molecular weight is 325 g/mol. The van der Waals surface area contributed by atoms with Gasteiger partial charge in [0.2, 0.25) is 0 Å². The molecule has 2 aromatic rings. The van der Waals surface area contributed by atoms with Crippen molar-refractivity contribution < 1.29 is 4.43 Å². The summed E-state index contributed by atoms with van der Waals surface area (Å²) in [5.74, 6) is 0.480. The molecule has 0 fully saturated rings. The Morgan fingerprint density at radius 3 is 1.61 bits per heavy atom. The Balaban J connectivity index is 2.64. The second-order valence-electron chi connectivity index (χ2n) is 7.35. The second kappa shape index (κ2) is 7.18. The van der Waals surface area contributed by atoms with Crippen LogP contribution in [-0.4, -0.2) is 8.32 Å². The van der Waals surface area contributed by atoms with E-state index in [-0.39, 0.29) is 5.04 Å². The lowest BCUT2D eigenvalue weighted by atomic mass is 10.2. The van der Waals surface area contributed by atoms with Crippen LogP contribution < -0.4 is 10.4 Å². The van der Waals surface area contributed by atoms with Crippen molar-refractivity contribution in [1.82, 2.24) is 0 Å². The molecular weight excluding hydrogens is 296 g/mol. The first-order chi connectivity index (χ1) is 10.9. The van der Waals surface area contributed by atoms with Crippen LogP contribution in [0.25, 0.3) is 0 Å². The lowest BCUT2D eigenvalue weighted by molar-refractivity contribution is 0.440. The summed E-state index contributed by atoms with van der Waals surface area (Å²) in [7, 11) is -2.40. The van der Waals surface area contributed by atoms with Crippen molar-refractivity contribution in [3.05, 3.63) is 73.0 Å². The smallest absolute Gasteiger partial charge is 0.319 e. The highest BCUT2D eigenvalue weighted by atomic mass is 28.4. The van der Waals surface area contributed by atoms with Crippen molar-refractivity contribution in [3.8, 4) is 0 Å². The van der Waals surface area contributed by atoms with Crippen molar-refractivity contribution in [3.63, 3.8) is 0 Å². The fourth-order valence-electron chi connectivity index (χ4n) is 2.99. The number of benzene rings is 2. The van der Waals surface area contributed by atoms with Crippen molar-refractivity contribution in [2.24, 2.45) is 5.92 Å². The first kappa shape index (κ1) is 17.5. The van der Waals surface area contributed by atoms with Crippen LogP contribution in [-0.2, 0) is 4.43 Å². The minimum atomic E-state index is -2.40. The Labute approximate surface area is 142 Å². The third-order valence-corrected chi connectivity index (χ3v) is 9.02. The standard InChI is InChI=1S/C21H28OSi/c1-18(2)16-17-22-23(21(3,4)5,19-12-8-6-9-13-19)20-14-10-7-11-15-20/h6-18H,1-5H3/b17-16-. The summed E-state index contributed by atoms with van der Waals surface area (Å²) in [5, 5.41) is 2.65. The van der Waals surface area contributed by atoms with Crippen LogP contribution in [0.4, 0.5) is 0 Å². The van der Waals surface area contributed by atoms with E-state index in [0.717, 1.165) is 0 Å². The van der Waals surface area contributed by atoms with Gasteiger partial charge < -0.3 is 4.43 Å². The predicted octanol–water partition coefficient (Wildman–Crippen LogP) is 4.73. The average Bonchev–Trinajstić information content (AvgIpc) is 2.52. The highest BCUT2D eigenvalue weighted by Crippen LogP contribution is 2.36. The second-order valence-corrected chi connectivity index (χ2v) is 11.6. The maximum atomic E-state index is 6.64. The first-order valence-electron chi connectivity index (χ1n) is 8.33. The minimum Gasteiger partial charge on any atom is -0.540 e. The number of rotatable bonds is 5. The monoisotopic (exact) mass is 324 g/mol. The van der Waals surface area contributed by atoms with Crippen LogP contribution in [0.1, 0.15) is 34.6 Å². The molecule has 0 saturated heterocycles. The predicted molar refractivity (Wildman–Crippen MR) is 103 cm³/mol. The van der Waals surface area contributed by atoms with E-state index in [1.54, 1.807) is 0 Å². The lowest BCUT2D eigenvalue weighted by Crippen LogP contribution is -2.65. The Kier molecular flexibility index (Phi) is 5.48. The Bertz CT molecular complexity index is 584. The largest absolute Gasteiger partial charge is 0.540 e. The van der Waals surface area contributed by atoms with Gasteiger partial charge in [-0.15, -0.1) is 0 Å².